The van der Waals surface area contributed by atoms with Crippen molar-refractivity contribution in [1.82, 2.24) is 20.1 Å². The van der Waals surface area contributed by atoms with Crippen molar-refractivity contribution >= 4 is 39.9 Å². The van der Waals surface area contributed by atoms with Gasteiger partial charge in [0.1, 0.15) is 11.5 Å². The van der Waals surface area contributed by atoms with Gasteiger partial charge in [-0.3, -0.25) is 0 Å². The first kappa shape index (κ1) is 20.1. The van der Waals surface area contributed by atoms with E-state index in [1.165, 1.54) is 0 Å². The Morgan fingerprint density at radius 2 is 1.81 bits per heavy atom. The quantitative estimate of drug-likeness (QED) is 0.470. The topological polar surface area (TPSA) is 86.4 Å². The fourth-order valence-corrected chi connectivity index (χ4v) is 3.93. The van der Waals surface area contributed by atoms with Crippen LogP contribution in [0.25, 0.3) is 10.9 Å². The molecule has 8 nitrogen and oxygen atoms in total. The van der Waals surface area contributed by atoms with Gasteiger partial charge in [-0.25, -0.2) is 4.79 Å². The van der Waals surface area contributed by atoms with E-state index in [4.69, 9.17) is 16.3 Å². The van der Waals surface area contributed by atoms with Crippen LogP contribution in [0.5, 0.6) is 11.5 Å². The molecule has 4 aromatic rings. The first-order valence-electron chi connectivity index (χ1n) is 10.3. The van der Waals surface area contributed by atoms with Gasteiger partial charge in [0.15, 0.2) is 0 Å². The summed E-state index contributed by atoms with van der Waals surface area (Å²) in [6, 6.07) is 15.1. The minimum atomic E-state index is -0.111. The number of benzene rings is 2. The molecule has 1 aliphatic rings. The lowest BCUT2D eigenvalue weighted by molar-refractivity contribution is 0.208. The molecule has 0 saturated carbocycles. The zero-order valence-electron chi connectivity index (χ0n) is 17.2. The van der Waals surface area contributed by atoms with Crippen LogP contribution in [0.1, 0.15) is 0 Å². The van der Waals surface area contributed by atoms with Crippen LogP contribution in [0, 0.1) is 0 Å². The zero-order chi connectivity index (χ0) is 21.9. The van der Waals surface area contributed by atoms with E-state index in [0.717, 1.165) is 41.1 Å². The van der Waals surface area contributed by atoms with E-state index in [2.05, 4.69) is 25.4 Å². The molecule has 2 aromatic carbocycles. The lowest BCUT2D eigenvalue weighted by Gasteiger charge is -2.36. The average Bonchev–Trinajstić information content (AvgIpc) is 3.22. The second-order valence-electron chi connectivity index (χ2n) is 7.47. The molecule has 0 bridgehead atoms. The highest BCUT2D eigenvalue weighted by Crippen LogP contribution is 2.27. The molecule has 9 heteroatoms. The minimum Gasteiger partial charge on any atom is -0.456 e. The van der Waals surface area contributed by atoms with Crippen molar-refractivity contribution in [1.29, 1.82) is 0 Å². The van der Waals surface area contributed by atoms with E-state index in [1.54, 1.807) is 24.7 Å². The molecule has 0 unspecified atom stereocenters. The SMILES string of the molecule is O=C(Nc1c[nH]c2ccc(Cl)cc12)N1CCN(c2ccc(Oc3ccnnc3)cc2)CC1. The Hall–Kier alpha value is -3.78. The van der Waals surface area contributed by atoms with Crippen LogP contribution < -0.4 is 15.0 Å². The third-order valence-corrected chi connectivity index (χ3v) is 5.68. The summed E-state index contributed by atoms with van der Waals surface area (Å²) in [5.74, 6) is 1.38. The molecule has 32 heavy (non-hydrogen) atoms. The predicted molar refractivity (Wildman–Crippen MR) is 125 cm³/mol. The average molecular weight is 449 g/mol. The van der Waals surface area contributed by atoms with Crippen molar-refractivity contribution in [2.24, 2.45) is 0 Å². The molecular formula is C23H21ClN6O2. The molecule has 2 amide bonds. The number of urea groups is 1. The third kappa shape index (κ3) is 4.31. The standard InChI is InChI=1S/C23H21ClN6O2/c24-16-1-6-21-20(13-16)22(15-25-21)28-23(31)30-11-9-29(10-12-30)17-2-4-18(5-3-17)32-19-7-8-26-27-14-19/h1-8,13-15,25H,9-12H2,(H,28,31). The van der Waals surface area contributed by atoms with E-state index >= 15 is 0 Å². The largest absolute Gasteiger partial charge is 0.456 e. The summed E-state index contributed by atoms with van der Waals surface area (Å²) >= 11 is 6.10. The molecule has 1 fully saturated rings. The number of rotatable bonds is 4. The summed E-state index contributed by atoms with van der Waals surface area (Å²) in [6.07, 6.45) is 4.96. The van der Waals surface area contributed by atoms with Crippen LogP contribution in [-0.4, -0.2) is 52.3 Å². The number of hydrogen-bond acceptors (Lipinski definition) is 5. The molecule has 1 aliphatic heterocycles. The normalized spacial score (nSPS) is 13.9. The first-order chi connectivity index (χ1) is 15.7. The number of anilines is 2. The zero-order valence-corrected chi connectivity index (χ0v) is 17.9. The molecule has 0 atom stereocenters. The molecule has 162 valence electrons. The van der Waals surface area contributed by atoms with Gasteiger partial charge in [-0.05, 0) is 42.5 Å². The summed E-state index contributed by atoms with van der Waals surface area (Å²) in [5, 5.41) is 12.1. The highest BCUT2D eigenvalue weighted by atomic mass is 35.5. The molecule has 2 aromatic heterocycles. The van der Waals surface area contributed by atoms with Crippen LogP contribution in [-0.2, 0) is 0 Å². The van der Waals surface area contributed by atoms with Crippen molar-refractivity contribution in [2.75, 3.05) is 36.4 Å². The van der Waals surface area contributed by atoms with Gasteiger partial charge in [0, 0.05) is 60.1 Å². The van der Waals surface area contributed by atoms with E-state index < -0.39 is 0 Å². The number of amides is 2. The third-order valence-electron chi connectivity index (χ3n) is 5.45. The maximum Gasteiger partial charge on any atom is 0.322 e. The fraction of sp³-hybridized carbons (Fsp3) is 0.174. The molecule has 0 radical (unpaired) electrons. The van der Waals surface area contributed by atoms with Crippen LogP contribution in [0.3, 0.4) is 0 Å². The van der Waals surface area contributed by atoms with Crippen LogP contribution in [0.15, 0.2) is 67.1 Å². The smallest absolute Gasteiger partial charge is 0.322 e. The van der Waals surface area contributed by atoms with Crippen molar-refractivity contribution in [2.45, 2.75) is 0 Å². The number of halogens is 1. The maximum atomic E-state index is 12.8. The Labute approximate surface area is 189 Å². The Morgan fingerprint density at radius 1 is 1.00 bits per heavy atom. The number of aromatic amines is 1. The molecule has 0 aliphatic carbocycles. The molecule has 0 spiro atoms. The monoisotopic (exact) mass is 448 g/mol. The summed E-state index contributed by atoms with van der Waals surface area (Å²) < 4.78 is 5.76. The van der Waals surface area contributed by atoms with Gasteiger partial charge in [-0.15, -0.1) is 0 Å². The van der Waals surface area contributed by atoms with Gasteiger partial charge in [0.2, 0.25) is 0 Å². The number of fused-ring (bicyclic) bond motifs is 1. The van der Waals surface area contributed by atoms with Gasteiger partial charge < -0.3 is 24.8 Å². The second-order valence-corrected chi connectivity index (χ2v) is 7.91. The van der Waals surface area contributed by atoms with Crippen molar-refractivity contribution < 1.29 is 9.53 Å². The molecule has 1 saturated heterocycles. The van der Waals surface area contributed by atoms with Crippen LogP contribution >= 0.6 is 11.6 Å². The number of piperazine rings is 1. The highest BCUT2D eigenvalue weighted by Gasteiger charge is 2.22. The van der Waals surface area contributed by atoms with Gasteiger partial charge in [0.05, 0.1) is 18.1 Å². The molecule has 2 N–H and O–H groups in total. The van der Waals surface area contributed by atoms with E-state index in [0.29, 0.717) is 23.9 Å². The Kier molecular flexibility index (Phi) is 5.51. The fourth-order valence-electron chi connectivity index (χ4n) is 3.76. The lowest BCUT2D eigenvalue weighted by atomic mass is 10.2. The Bertz CT molecular complexity index is 1220. The summed E-state index contributed by atoms with van der Waals surface area (Å²) in [5.41, 5.74) is 2.76. The van der Waals surface area contributed by atoms with Gasteiger partial charge in [-0.1, -0.05) is 11.6 Å². The van der Waals surface area contributed by atoms with E-state index in [9.17, 15) is 4.79 Å². The van der Waals surface area contributed by atoms with Crippen LogP contribution in [0.4, 0.5) is 16.2 Å². The number of H-pyrrole nitrogens is 1. The van der Waals surface area contributed by atoms with Gasteiger partial charge >= 0.3 is 6.03 Å². The number of hydrogen-bond donors (Lipinski definition) is 2. The number of carbonyl (C=O) groups is 1. The lowest BCUT2D eigenvalue weighted by Crippen LogP contribution is -2.50. The number of nitrogens with zero attached hydrogens (tertiary/aromatic N) is 4. The minimum absolute atomic E-state index is 0.111. The van der Waals surface area contributed by atoms with Crippen molar-refractivity contribution in [3.8, 4) is 11.5 Å². The second kappa shape index (κ2) is 8.76. The summed E-state index contributed by atoms with van der Waals surface area (Å²) in [7, 11) is 0. The predicted octanol–water partition coefficient (Wildman–Crippen LogP) is 4.76. The Morgan fingerprint density at radius 3 is 2.56 bits per heavy atom. The first-order valence-corrected chi connectivity index (χ1v) is 10.7. The molecule has 3 heterocycles. The van der Waals surface area contributed by atoms with E-state index in [1.807, 2.05) is 47.4 Å². The summed E-state index contributed by atoms with van der Waals surface area (Å²) in [4.78, 5) is 20.0. The van der Waals surface area contributed by atoms with Crippen LogP contribution in [0.2, 0.25) is 5.02 Å². The molecule has 5 rings (SSSR count). The number of carbonyl (C=O) groups excluding carboxylic acids is 1. The summed E-state index contributed by atoms with van der Waals surface area (Å²) in [6.45, 7) is 2.77. The maximum absolute atomic E-state index is 12.8. The molecular weight excluding hydrogens is 428 g/mol. The van der Waals surface area contributed by atoms with E-state index in [-0.39, 0.29) is 6.03 Å². The highest BCUT2D eigenvalue weighted by molar-refractivity contribution is 6.31. The van der Waals surface area contributed by atoms with Gasteiger partial charge in [-0.2, -0.15) is 10.2 Å². The number of nitrogens with one attached hydrogen (secondary N) is 2. The van der Waals surface area contributed by atoms with Crippen molar-refractivity contribution in [3.63, 3.8) is 0 Å². The van der Waals surface area contributed by atoms with Crippen molar-refractivity contribution in [3.05, 3.63) is 72.1 Å². The van der Waals surface area contributed by atoms with Gasteiger partial charge in [0.25, 0.3) is 0 Å². The number of aromatic nitrogens is 3. The Balaban J connectivity index is 1.17. The number of ether oxygens (including phenoxy) is 1.